The van der Waals surface area contributed by atoms with E-state index in [2.05, 4.69) is 34.0 Å². The van der Waals surface area contributed by atoms with Crippen molar-refractivity contribution in [2.24, 2.45) is 4.99 Å². The minimum absolute atomic E-state index is 0. The molecule has 0 aliphatic heterocycles. The molecule has 1 aromatic heterocycles. The maximum atomic E-state index is 13.8. The third-order valence-corrected chi connectivity index (χ3v) is 4.69. The standard InChI is InChI=1S/C18H25FN4S.HI/c1-13-7-8-24-17(13)11-22-18(20-2)21-10-14-5-6-16(19)15(9-14)12-23(3)4;/h5-9H,10-12H2,1-4H3,(H2,20,21,22);1H. The second kappa shape index (κ2) is 10.7. The van der Waals surface area contributed by atoms with Gasteiger partial charge in [0.2, 0.25) is 0 Å². The number of benzene rings is 1. The van der Waals surface area contributed by atoms with Crippen molar-refractivity contribution in [2.75, 3.05) is 21.1 Å². The first-order valence-electron chi connectivity index (χ1n) is 7.89. The van der Waals surface area contributed by atoms with E-state index in [0.29, 0.717) is 18.7 Å². The van der Waals surface area contributed by atoms with Gasteiger partial charge in [-0.25, -0.2) is 4.39 Å². The number of halogens is 2. The molecule has 2 aromatic rings. The summed E-state index contributed by atoms with van der Waals surface area (Å²) in [6.45, 7) is 4.04. The van der Waals surface area contributed by atoms with E-state index in [1.165, 1.54) is 16.5 Å². The Morgan fingerprint density at radius 2 is 1.92 bits per heavy atom. The van der Waals surface area contributed by atoms with Crippen LogP contribution in [0.25, 0.3) is 0 Å². The van der Waals surface area contributed by atoms with Crippen LogP contribution < -0.4 is 10.6 Å². The molecule has 25 heavy (non-hydrogen) atoms. The second-order valence-corrected chi connectivity index (χ2v) is 6.97. The van der Waals surface area contributed by atoms with Crippen molar-refractivity contribution in [2.45, 2.75) is 26.6 Å². The molecule has 0 saturated carbocycles. The van der Waals surface area contributed by atoms with Crippen molar-refractivity contribution in [1.29, 1.82) is 0 Å². The van der Waals surface area contributed by atoms with Gasteiger partial charge in [-0.3, -0.25) is 4.99 Å². The summed E-state index contributed by atoms with van der Waals surface area (Å²) >= 11 is 1.73. The predicted molar refractivity (Wildman–Crippen MR) is 115 cm³/mol. The molecule has 0 aliphatic carbocycles. The van der Waals surface area contributed by atoms with E-state index >= 15 is 0 Å². The normalized spacial score (nSPS) is 11.4. The third-order valence-electron chi connectivity index (χ3n) is 3.66. The lowest BCUT2D eigenvalue weighted by atomic mass is 10.1. The van der Waals surface area contributed by atoms with Gasteiger partial charge in [0.15, 0.2) is 5.96 Å². The molecule has 0 radical (unpaired) electrons. The summed E-state index contributed by atoms with van der Waals surface area (Å²) < 4.78 is 13.8. The molecule has 1 heterocycles. The van der Waals surface area contributed by atoms with Gasteiger partial charge >= 0.3 is 0 Å². The summed E-state index contributed by atoms with van der Waals surface area (Å²) in [5.74, 6) is 0.574. The summed E-state index contributed by atoms with van der Waals surface area (Å²) in [5, 5.41) is 8.67. The molecule has 0 fully saturated rings. The van der Waals surface area contributed by atoms with Crippen molar-refractivity contribution >= 4 is 41.3 Å². The molecule has 0 spiro atoms. The van der Waals surface area contributed by atoms with Crippen molar-refractivity contribution in [1.82, 2.24) is 15.5 Å². The average molecular weight is 476 g/mol. The van der Waals surface area contributed by atoms with Gasteiger partial charge in [0.05, 0.1) is 6.54 Å². The molecule has 0 amide bonds. The predicted octanol–water partition coefficient (Wildman–Crippen LogP) is 3.74. The highest BCUT2D eigenvalue weighted by atomic mass is 127. The molecule has 0 unspecified atom stereocenters. The van der Waals surface area contributed by atoms with E-state index in [4.69, 9.17) is 0 Å². The van der Waals surface area contributed by atoms with Crippen LogP contribution in [0.2, 0.25) is 0 Å². The molecule has 4 nitrogen and oxygen atoms in total. The Hall–Kier alpha value is -1.19. The Balaban J connectivity index is 0.00000312. The maximum Gasteiger partial charge on any atom is 0.191 e. The monoisotopic (exact) mass is 476 g/mol. The van der Waals surface area contributed by atoms with E-state index in [9.17, 15) is 4.39 Å². The third kappa shape index (κ3) is 6.91. The summed E-state index contributed by atoms with van der Waals surface area (Å²) in [7, 11) is 5.62. The van der Waals surface area contributed by atoms with Crippen LogP contribution in [0.15, 0.2) is 34.6 Å². The SMILES string of the molecule is CN=C(NCc1ccc(F)c(CN(C)C)c1)NCc1sccc1C.I. The fourth-order valence-corrected chi connectivity index (χ4v) is 3.20. The van der Waals surface area contributed by atoms with E-state index in [1.807, 2.05) is 25.1 Å². The molecular formula is C18H26FIN4S. The van der Waals surface area contributed by atoms with Gasteiger partial charge in [0.1, 0.15) is 5.82 Å². The van der Waals surface area contributed by atoms with E-state index < -0.39 is 0 Å². The number of hydrogen-bond acceptors (Lipinski definition) is 3. The molecule has 2 rings (SSSR count). The van der Waals surface area contributed by atoms with Crippen LogP contribution >= 0.6 is 35.3 Å². The molecule has 0 bridgehead atoms. The van der Waals surface area contributed by atoms with Gasteiger partial charge in [0.25, 0.3) is 0 Å². The van der Waals surface area contributed by atoms with Crippen LogP contribution in [0.4, 0.5) is 4.39 Å². The smallest absolute Gasteiger partial charge is 0.191 e. The minimum Gasteiger partial charge on any atom is -0.352 e. The fourth-order valence-electron chi connectivity index (χ4n) is 2.36. The maximum absolute atomic E-state index is 13.8. The number of nitrogens with zero attached hydrogens (tertiary/aromatic N) is 2. The van der Waals surface area contributed by atoms with Gasteiger partial charge in [0, 0.05) is 30.6 Å². The Labute approximate surface area is 170 Å². The first-order valence-corrected chi connectivity index (χ1v) is 8.77. The highest BCUT2D eigenvalue weighted by Crippen LogP contribution is 2.15. The Bertz CT molecular complexity index is 700. The lowest BCUT2D eigenvalue weighted by molar-refractivity contribution is 0.392. The quantitative estimate of drug-likeness (QED) is 0.379. The number of hydrogen-bond donors (Lipinski definition) is 2. The fraction of sp³-hybridized carbons (Fsp3) is 0.389. The topological polar surface area (TPSA) is 39.7 Å². The summed E-state index contributed by atoms with van der Waals surface area (Å²) in [5.41, 5.74) is 3.02. The van der Waals surface area contributed by atoms with Crippen molar-refractivity contribution in [3.63, 3.8) is 0 Å². The van der Waals surface area contributed by atoms with Gasteiger partial charge in [-0.05, 0) is 55.7 Å². The first kappa shape index (κ1) is 21.9. The van der Waals surface area contributed by atoms with E-state index in [0.717, 1.165) is 18.1 Å². The molecule has 1 aromatic carbocycles. The number of nitrogens with one attached hydrogen (secondary N) is 2. The number of aryl methyl sites for hydroxylation is 1. The summed E-state index contributed by atoms with van der Waals surface area (Å²) in [6.07, 6.45) is 0. The second-order valence-electron chi connectivity index (χ2n) is 5.97. The largest absolute Gasteiger partial charge is 0.352 e. The Morgan fingerprint density at radius 3 is 2.52 bits per heavy atom. The van der Waals surface area contributed by atoms with Crippen LogP contribution in [-0.4, -0.2) is 32.0 Å². The highest BCUT2D eigenvalue weighted by Gasteiger charge is 2.06. The van der Waals surface area contributed by atoms with Crippen LogP contribution in [0.5, 0.6) is 0 Å². The molecule has 0 atom stereocenters. The molecule has 0 aliphatic rings. The van der Waals surface area contributed by atoms with Gasteiger partial charge in [-0.15, -0.1) is 35.3 Å². The Kier molecular flexibility index (Phi) is 9.37. The van der Waals surface area contributed by atoms with Crippen molar-refractivity contribution < 1.29 is 4.39 Å². The van der Waals surface area contributed by atoms with Gasteiger partial charge in [-0.1, -0.05) is 6.07 Å². The van der Waals surface area contributed by atoms with Crippen molar-refractivity contribution in [3.05, 3.63) is 57.0 Å². The highest BCUT2D eigenvalue weighted by molar-refractivity contribution is 14.0. The number of aliphatic imine (C=N–C) groups is 1. The summed E-state index contributed by atoms with van der Waals surface area (Å²) in [6, 6.07) is 7.35. The lowest BCUT2D eigenvalue weighted by Gasteiger charge is -2.14. The molecule has 138 valence electrons. The van der Waals surface area contributed by atoms with E-state index in [-0.39, 0.29) is 29.8 Å². The minimum atomic E-state index is -0.164. The molecule has 7 heteroatoms. The number of guanidine groups is 1. The van der Waals surface area contributed by atoms with Crippen LogP contribution in [0.1, 0.15) is 21.6 Å². The molecule has 0 saturated heterocycles. The average Bonchev–Trinajstić information content (AvgIpc) is 2.95. The van der Waals surface area contributed by atoms with E-state index in [1.54, 1.807) is 24.5 Å². The first-order chi connectivity index (χ1) is 11.5. The van der Waals surface area contributed by atoms with Crippen molar-refractivity contribution in [3.8, 4) is 0 Å². The zero-order valence-corrected chi connectivity index (χ0v) is 18.2. The van der Waals surface area contributed by atoms with Gasteiger partial charge < -0.3 is 15.5 Å². The van der Waals surface area contributed by atoms with Gasteiger partial charge in [-0.2, -0.15) is 0 Å². The summed E-state index contributed by atoms with van der Waals surface area (Å²) in [4.78, 5) is 7.49. The van der Waals surface area contributed by atoms with Crippen LogP contribution in [0.3, 0.4) is 0 Å². The lowest BCUT2D eigenvalue weighted by Crippen LogP contribution is -2.36. The molecular weight excluding hydrogens is 450 g/mol. The molecule has 2 N–H and O–H groups in total. The Morgan fingerprint density at radius 1 is 1.20 bits per heavy atom. The van der Waals surface area contributed by atoms with Crippen LogP contribution in [-0.2, 0) is 19.6 Å². The van der Waals surface area contributed by atoms with Crippen LogP contribution in [0, 0.1) is 12.7 Å². The zero-order chi connectivity index (χ0) is 17.5. The number of rotatable bonds is 6. The number of thiophene rings is 1. The zero-order valence-electron chi connectivity index (χ0n) is 15.1.